The highest BCUT2D eigenvalue weighted by Crippen LogP contribution is 2.47. The Kier molecular flexibility index (Phi) is 20.0. The molecule has 1 aliphatic heterocycles. The van der Waals surface area contributed by atoms with Crippen LogP contribution in [0.3, 0.4) is 0 Å². The molecule has 5 amide bonds. The number of fused-ring (bicyclic) bond motifs is 3. The van der Waals surface area contributed by atoms with Gasteiger partial charge in [-0.3, -0.25) is 19.8 Å². The van der Waals surface area contributed by atoms with Crippen LogP contribution in [0.15, 0.2) is 297 Å². The average molecular weight is 1330 g/mol. The highest BCUT2D eigenvalue weighted by molar-refractivity contribution is 6.34. The average Bonchev–Trinajstić information content (AvgIpc) is 1.65. The Morgan fingerprint density at radius 3 is 1.37 bits per heavy atom. The first kappa shape index (κ1) is 66.6. The van der Waals surface area contributed by atoms with Crippen molar-refractivity contribution in [1.29, 1.82) is 0 Å². The predicted octanol–water partition coefficient (Wildman–Crippen LogP) is 16.2. The summed E-state index contributed by atoms with van der Waals surface area (Å²) in [6.45, 7) is 3.85. The normalized spacial score (nSPS) is 12.6. The van der Waals surface area contributed by atoms with Crippen molar-refractivity contribution in [2.45, 2.75) is 50.0 Å². The minimum absolute atomic E-state index is 0.0244. The van der Waals surface area contributed by atoms with Crippen molar-refractivity contribution in [3.05, 3.63) is 369 Å². The quantitative estimate of drug-likeness (QED) is 0.0407. The van der Waals surface area contributed by atoms with Crippen molar-refractivity contribution in [2.75, 3.05) is 18.2 Å². The molecular weight excluding hydrogens is 1260 g/mol. The number of benzene rings is 11. The minimum Gasteiger partial charge on any atom is -0.465 e. The second kappa shape index (κ2) is 29.7. The highest BCUT2D eigenvalue weighted by atomic mass is 35.5. The van der Waals surface area contributed by atoms with Crippen molar-refractivity contribution >= 4 is 75.0 Å². The summed E-state index contributed by atoms with van der Waals surface area (Å²) in [5.74, 6) is -0.642. The molecule has 0 spiro atoms. The Morgan fingerprint density at radius 2 is 0.939 bits per heavy atom. The third kappa shape index (κ3) is 13.5. The molecule has 0 radical (unpaired) electrons. The van der Waals surface area contributed by atoms with Crippen LogP contribution in [0.5, 0.6) is 0 Å². The molecule has 0 saturated heterocycles. The number of ether oxygens (including phenoxy) is 2. The summed E-state index contributed by atoms with van der Waals surface area (Å²) in [6, 6.07) is 95.4. The van der Waals surface area contributed by atoms with E-state index >= 15 is 0 Å². The summed E-state index contributed by atoms with van der Waals surface area (Å²) < 4.78 is 14.3. The Morgan fingerprint density at radius 1 is 0.535 bits per heavy atom. The number of amides is 5. The smallest absolute Gasteiger partial charge is 0.413 e. The lowest BCUT2D eigenvalue weighted by Crippen LogP contribution is -2.43. The number of methoxy groups -OCH3 is 1. The summed E-state index contributed by atoms with van der Waals surface area (Å²) in [7, 11) is 1.29. The molecule has 1 aliphatic rings. The van der Waals surface area contributed by atoms with Gasteiger partial charge in [0.15, 0.2) is 11.6 Å². The summed E-state index contributed by atoms with van der Waals surface area (Å²) in [6.07, 6.45) is -0.589. The van der Waals surface area contributed by atoms with Crippen LogP contribution < -0.4 is 22.1 Å². The maximum atomic E-state index is 13.9. The fraction of sp³-hybridized carbons (Fsp3) is 0.110. The number of aromatic nitrogens is 4. The summed E-state index contributed by atoms with van der Waals surface area (Å²) >= 11 is 6.72. The number of halogens is 1. The highest BCUT2D eigenvalue weighted by Gasteiger charge is 2.44. The van der Waals surface area contributed by atoms with E-state index in [4.69, 9.17) is 42.7 Å². The molecule has 13 aromatic rings. The van der Waals surface area contributed by atoms with Crippen molar-refractivity contribution in [3.63, 3.8) is 0 Å². The van der Waals surface area contributed by atoms with Gasteiger partial charge in [0.25, 0.3) is 5.91 Å². The van der Waals surface area contributed by atoms with Crippen LogP contribution in [-0.4, -0.2) is 61.5 Å². The largest absolute Gasteiger partial charge is 0.465 e. The van der Waals surface area contributed by atoms with Crippen LogP contribution in [0, 0.1) is 0 Å². The number of primary amides is 1. The van der Waals surface area contributed by atoms with Gasteiger partial charge in [-0.1, -0.05) is 285 Å². The number of nitrogens with one attached hydrogen (secondary N) is 2. The van der Waals surface area contributed by atoms with Gasteiger partial charge in [0.2, 0.25) is 5.91 Å². The first-order chi connectivity index (χ1) is 48.2. The number of imide groups is 1. The molecule has 11 aromatic carbocycles. The molecule has 16 nitrogen and oxygen atoms in total. The molecule has 0 fully saturated rings. The molecule has 17 heteroatoms. The third-order valence-corrected chi connectivity index (χ3v) is 18.0. The number of carbonyl (C=O) groups is 5. The number of rotatable bonds is 16. The maximum Gasteiger partial charge on any atom is 0.413 e. The van der Waals surface area contributed by atoms with Crippen LogP contribution in [0.1, 0.15) is 102 Å². The number of nitrogens with two attached hydrogens (primary N) is 2. The Hall–Kier alpha value is -12.4. The van der Waals surface area contributed by atoms with E-state index in [1.807, 2.05) is 272 Å². The van der Waals surface area contributed by atoms with Gasteiger partial charge < -0.3 is 26.3 Å². The minimum atomic E-state index is -1.01. The molecule has 2 atom stereocenters. The number of esters is 1. The SMILES string of the molecule is COC(=O)c1cc2c(NC(=O)OCc3ccccc3)nn(C(c3ccccc3)(c3ccccc3)c3ccccc3)c2cc1Cl.C[C@@H](NC(N)=O)c1ccccc1.C[C@H](c1ccccc1)N1C(=O)Cc2cc3c(cc2C1=O)c(N)nn3C(c1ccccc1)(c1ccccc1)c1ccccc1. The number of nitrogen functional groups attached to an aromatic ring is 1. The number of hydrogen-bond acceptors (Lipinski definition) is 10. The topological polar surface area (TPSA) is 219 Å². The molecular formula is C82H70ClN9O7. The van der Waals surface area contributed by atoms with Gasteiger partial charge in [0, 0.05) is 16.3 Å². The zero-order valence-corrected chi connectivity index (χ0v) is 55.2. The zero-order valence-electron chi connectivity index (χ0n) is 54.5. The first-order valence-corrected chi connectivity index (χ1v) is 32.6. The van der Waals surface area contributed by atoms with Gasteiger partial charge in [-0.2, -0.15) is 10.2 Å². The van der Waals surface area contributed by atoms with E-state index in [1.165, 1.54) is 12.0 Å². The first-order valence-electron chi connectivity index (χ1n) is 32.2. The van der Waals surface area contributed by atoms with E-state index < -0.39 is 35.2 Å². The van der Waals surface area contributed by atoms with E-state index in [2.05, 4.69) is 47.0 Å². The molecule has 3 heterocycles. The molecule has 6 N–H and O–H groups in total. The van der Waals surface area contributed by atoms with Crippen molar-refractivity contribution in [2.24, 2.45) is 5.73 Å². The zero-order chi connectivity index (χ0) is 69.0. The molecule has 0 aliphatic carbocycles. The Bertz CT molecular complexity index is 4780. The molecule has 492 valence electrons. The summed E-state index contributed by atoms with van der Waals surface area (Å²) in [4.78, 5) is 65.1. The number of nitrogens with zero attached hydrogens (tertiary/aromatic N) is 5. The lowest BCUT2D eigenvalue weighted by molar-refractivity contribution is -0.130. The fourth-order valence-electron chi connectivity index (χ4n) is 13.0. The van der Waals surface area contributed by atoms with Gasteiger partial charge in [-0.25, -0.2) is 23.7 Å². The summed E-state index contributed by atoms with van der Waals surface area (Å²) in [5, 5.41) is 16.8. The Labute approximate surface area is 578 Å². The number of carbonyl (C=O) groups excluding carboxylic acids is 5. The van der Waals surface area contributed by atoms with Gasteiger partial charge in [0.1, 0.15) is 17.7 Å². The molecule has 2 aromatic heterocycles. The third-order valence-electron chi connectivity index (χ3n) is 17.7. The van der Waals surface area contributed by atoms with Crippen molar-refractivity contribution in [3.8, 4) is 0 Å². The monoisotopic (exact) mass is 1330 g/mol. The van der Waals surface area contributed by atoms with Crippen molar-refractivity contribution in [1.82, 2.24) is 29.8 Å². The predicted molar refractivity (Wildman–Crippen MR) is 387 cm³/mol. The van der Waals surface area contributed by atoms with Gasteiger partial charge in [-0.05, 0) is 93.7 Å². The van der Waals surface area contributed by atoms with E-state index in [0.717, 1.165) is 55.6 Å². The van der Waals surface area contributed by atoms with Gasteiger partial charge in [-0.15, -0.1) is 0 Å². The molecule has 99 heavy (non-hydrogen) atoms. The molecule has 14 rings (SSSR count). The maximum absolute atomic E-state index is 13.9. The summed E-state index contributed by atoms with van der Waals surface area (Å²) in [5.41, 5.74) is 21.0. The fourth-order valence-corrected chi connectivity index (χ4v) is 13.3. The molecule has 0 saturated carbocycles. The second-order valence-electron chi connectivity index (χ2n) is 23.7. The Balaban J connectivity index is 0.000000161. The van der Waals surface area contributed by atoms with E-state index in [-0.39, 0.29) is 47.3 Å². The molecule has 0 bridgehead atoms. The van der Waals surface area contributed by atoms with E-state index in [1.54, 1.807) is 12.1 Å². The van der Waals surface area contributed by atoms with Gasteiger partial charge >= 0.3 is 18.1 Å². The van der Waals surface area contributed by atoms with E-state index in [0.29, 0.717) is 33.2 Å². The molecule has 0 unspecified atom stereocenters. The number of urea groups is 1. The van der Waals surface area contributed by atoms with Crippen LogP contribution in [0.25, 0.3) is 21.8 Å². The van der Waals surface area contributed by atoms with Gasteiger partial charge in [0.05, 0.1) is 47.2 Å². The lowest BCUT2D eigenvalue weighted by Gasteiger charge is -2.37. The second-order valence-corrected chi connectivity index (χ2v) is 24.1. The number of hydrogen-bond donors (Lipinski definition) is 4. The number of anilines is 2. The van der Waals surface area contributed by atoms with E-state index in [9.17, 15) is 24.0 Å². The van der Waals surface area contributed by atoms with Crippen LogP contribution >= 0.6 is 11.6 Å². The van der Waals surface area contributed by atoms with Crippen LogP contribution in [0.2, 0.25) is 5.02 Å². The van der Waals surface area contributed by atoms with Crippen LogP contribution in [0.4, 0.5) is 21.2 Å². The standard InChI is InChI=1S/C37H30N4O2.C36H28ClN3O4.C9H12N2O/c1-25(26-14-6-2-7-15-26)40-34(42)23-27-22-33-32(24-31(27)36(40)43)35(38)39-41(33)37(28-16-8-3-9-17-28,29-18-10-4-11-19-29)30-20-12-5-13-21-30;1-43-34(41)29-22-30-32(23-31(29)37)40(39-33(30)38-35(42)44-24-25-14-6-2-7-15-25)36(26-16-8-3-9-17-26,27-18-10-4-11-19-27)28-20-12-5-13-21-28;1-7(11-9(10)12)8-5-3-2-4-6-8/h2-22,24-25H,23H2,1H3,(H2,38,39);2-23H,24H2,1H3,(H,38,39,42);2-7H,1H3,(H3,10,11,12)/t25-;;7-/m1.1/s1. The van der Waals surface area contributed by atoms with Crippen molar-refractivity contribution < 1.29 is 33.4 Å². The lowest BCUT2D eigenvalue weighted by atomic mass is 9.77. The van der Waals surface area contributed by atoms with Crippen LogP contribution in [-0.2, 0) is 38.4 Å².